The molecular weight excluding hydrogens is 346 g/mol. The molecule has 0 aliphatic carbocycles. The normalized spacial score (nSPS) is 11.7. The molecule has 5 nitrogen and oxygen atoms in total. The summed E-state index contributed by atoms with van der Waals surface area (Å²) < 4.78 is 2.03. The zero-order valence-electron chi connectivity index (χ0n) is 13.4. The van der Waals surface area contributed by atoms with Crippen molar-refractivity contribution in [2.24, 2.45) is 0 Å². The standard InChI is InChI=1S/C17H18ClN3O2S/c1-11(2)20(10-15(22)23)9-14-16(12-3-5-13(18)6-4-12)19-17-21(14)7-8-24-17/h3-8,11H,9-10H2,1-2H3,(H,22,23). The van der Waals surface area contributed by atoms with Crippen LogP contribution < -0.4 is 0 Å². The van der Waals surface area contributed by atoms with Gasteiger partial charge in [0.1, 0.15) is 0 Å². The fraction of sp³-hybridized carbons (Fsp3) is 0.294. The minimum atomic E-state index is -0.831. The van der Waals surface area contributed by atoms with E-state index in [1.807, 2.05) is 59.0 Å². The molecule has 0 amide bonds. The molecule has 0 aliphatic rings. The first kappa shape index (κ1) is 17.0. The summed E-state index contributed by atoms with van der Waals surface area (Å²) in [5.41, 5.74) is 2.84. The molecule has 0 atom stereocenters. The van der Waals surface area contributed by atoms with Gasteiger partial charge in [-0.3, -0.25) is 14.1 Å². The molecule has 126 valence electrons. The first-order chi connectivity index (χ1) is 11.5. The van der Waals surface area contributed by atoms with E-state index in [1.54, 1.807) is 11.3 Å². The van der Waals surface area contributed by atoms with E-state index in [4.69, 9.17) is 16.6 Å². The Kier molecular flexibility index (Phi) is 4.89. The number of aliphatic carboxylic acids is 1. The monoisotopic (exact) mass is 363 g/mol. The molecule has 0 saturated heterocycles. The van der Waals surface area contributed by atoms with Crippen LogP contribution in [0.3, 0.4) is 0 Å². The molecule has 1 N–H and O–H groups in total. The summed E-state index contributed by atoms with van der Waals surface area (Å²) in [6, 6.07) is 7.67. The van der Waals surface area contributed by atoms with Crippen molar-refractivity contribution in [3.63, 3.8) is 0 Å². The van der Waals surface area contributed by atoms with E-state index in [9.17, 15) is 9.90 Å². The molecule has 7 heteroatoms. The number of imidazole rings is 1. The third-order valence-electron chi connectivity index (χ3n) is 3.90. The van der Waals surface area contributed by atoms with E-state index < -0.39 is 5.97 Å². The minimum absolute atomic E-state index is 0.00487. The number of hydrogen-bond acceptors (Lipinski definition) is 4. The number of thiazole rings is 1. The van der Waals surface area contributed by atoms with E-state index in [0.29, 0.717) is 11.6 Å². The van der Waals surface area contributed by atoms with Crippen LogP contribution in [0.1, 0.15) is 19.5 Å². The number of benzene rings is 1. The van der Waals surface area contributed by atoms with Crippen molar-refractivity contribution in [2.75, 3.05) is 6.54 Å². The average molecular weight is 364 g/mol. The fourth-order valence-corrected chi connectivity index (χ4v) is 3.47. The van der Waals surface area contributed by atoms with Gasteiger partial charge in [-0.25, -0.2) is 4.98 Å². The molecule has 0 unspecified atom stereocenters. The second kappa shape index (κ2) is 6.93. The largest absolute Gasteiger partial charge is 0.480 e. The van der Waals surface area contributed by atoms with Gasteiger partial charge in [0, 0.05) is 34.7 Å². The van der Waals surface area contributed by atoms with Crippen molar-refractivity contribution in [3.05, 3.63) is 46.6 Å². The molecule has 0 fully saturated rings. The number of fused-ring (bicyclic) bond motifs is 1. The molecule has 1 aromatic carbocycles. The number of hydrogen-bond donors (Lipinski definition) is 1. The number of aromatic nitrogens is 2. The predicted octanol–water partition coefficient (Wildman–Crippen LogP) is 4.01. The third-order valence-corrected chi connectivity index (χ3v) is 4.91. The van der Waals surface area contributed by atoms with E-state index in [2.05, 4.69) is 0 Å². The van der Waals surface area contributed by atoms with Crippen LogP contribution in [0.25, 0.3) is 16.2 Å². The summed E-state index contributed by atoms with van der Waals surface area (Å²) in [7, 11) is 0. The van der Waals surface area contributed by atoms with Crippen LogP contribution in [0, 0.1) is 0 Å². The Balaban J connectivity index is 2.04. The van der Waals surface area contributed by atoms with E-state index >= 15 is 0 Å². The van der Waals surface area contributed by atoms with Gasteiger partial charge >= 0.3 is 5.97 Å². The van der Waals surface area contributed by atoms with Gasteiger partial charge in [0.15, 0.2) is 4.96 Å². The van der Waals surface area contributed by atoms with Crippen LogP contribution in [0.15, 0.2) is 35.8 Å². The molecule has 3 aromatic rings. The van der Waals surface area contributed by atoms with Gasteiger partial charge in [-0.2, -0.15) is 0 Å². The quantitative estimate of drug-likeness (QED) is 0.718. The summed E-state index contributed by atoms with van der Waals surface area (Å²) >= 11 is 7.54. The van der Waals surface area contributed by atoms with E-state index in [-0.39, 0.29) is 12.6 Å². The summed E-state index contributed by atoms with van der Waals surface area (Å²) in [5.74, 6) is -0.831. The highest BCUT2D eigenvalue weighted by molar-refractivity contribution is 7.15. The Labute approximate surface area is 149 Å². The molecule has 2 aromatic heterocycles. The predicted molar refractivity (Wildman–Crippen MR) is 96.7 cm³/mol. The molecule has 0 saturated carbocycles. The topological polar surface area (TPSA) is 57.8 Å². The zero-order chi connectivity index (χ0) is 17.3. The van der Waals surface area contributed by atoms with Crippen molar-refractivity contribution < 1.29 is 9.90 Å². The Morgan fingerprint density at radius 3 is 2.71 bits per heavy atom. The third kappa shape index (κ3) is 3.45. The zero-order valence-corrected chi connectivity index (χ0v) is 15.0. The number of carbonyl (C=O) groups is 1. The number of carboxylic acids is 1. The van der Waals surface area contributed by atoms with Gasteiger partial charge in [0.25, 0.3) is 0 Å². The molecule has 2 heterocycles. The molecule has 24 heavy (non-hydrogen) atoms. The van der Waals surface area contributed by atoms with Gasteiger partial charge in [-0.05, 0) is 26.0 Å². The summed E-state index contributed by atoms with van der Waals surface area (Å²) in [6.45, 7) is 4.50. The van der Waals surface area contributed by atoms with Gasteiger partial charge in [-0.1, -0.05) is 23.7 Å². The highest BCUT2D eigenvalue weighted by Gasteiger charge is 2.21. The molecule has 0 spiro atoms. The van der Waals surface area contributed by atoms with E-state index in [0.717, 1.165) is 21.9 Å². The smallest absolute Gasteiger partial charge is 0.317 e. The number of carboxylic acid groups (broad SMARTS) is 1. The van der Waals surface area contributed by atoms with Crippen molar-refractivity contribution in [1.29, 1.82) is 0 Å². The Morgan fingerprint density at radius 1 is 1.38 bits per heavy atom. The summed E-state index contributed by atoms with van der Waals surface area (Å²) in [4.78, 5) is 18.7. The minimum Gasteiger partial charge on any atom is -0.480 e. The lowest BCUT2D eigenvalue weighted by Crippen LogP contribution is -2.35. The first-order valence-electron chi connectivity index (χ1n) is 7.62. The van der Waals surface area contributed by atoms with Crippen LogP contribution in [-0.4, -0.2) is 37.9 Å². The van der Waals surface area contributed by atoms with Crippen LogP contribution >= 0.6 is 22.9 Å². The lowest BCUT2D eigenvalue weighted by molar-refractivity contribution is -0.139. The lowest BCUT2D eigenvalue weighted by Gasteiger charge is -2.24. The van der Waals surface area contributed by atoms with Crippen LogP contribution in [0.4, 0.5) is 0 Å². The molecule has 0 aliphatic heterocycles. The average Bonchev–Trinajstić information content (AvgIpc) is 3.09. The first-order valence-corrected chi connectivity index (χ1v) is 8.87. The Bertz CT molecular complexity index is 854. The van der Waals surface area contributed by atoms with Crippen LogP contribution in [-0.2, 0) is 11.3 Å². The van der Waals surface area contributed by atoms with Crippen LogP contribution in [0.5, 0.6) is 0 Å². The number of halogens is 1. The summed E-state index contributed by atoms with van der Waals surface area (Å²) in [5, 5.41) is 11.8. The van der Waals surface area contributed by atoms with Gasteiger partial charge in [-0.15, -0.1) is 11.3 Å². The van der Waals surface area contributed by atoms with Crippen molar-refractivity contribution in [2.45, 2.75) is 26.4 Å². The highest BCUT2D eigenvalue weighted by atomic mass is 35.5. The molecule has 0 radical (unpaired) electrons. The van der Waals surface area contributed by atoms with Gasteiger partial charge < -0.3 is 5.11 Å². The van der Waals surface area contributed by atoms with Crippen molar-refractivity contribution in [3.8, 4) is 11.3 Å². The van der Waals surface area contributed by atoms with Crippen molar-refractivity contribution in [1.82, 2.24) is 14.3 Å². The Hall–Kier alpha value is -1.89. The second-order valence-corrected chi connectivity index (χ2v) is 7.17. The molecular formula is C17H18ClN3O2S. The second-order valence-electron chi connectivity index (χ2n) is 5.86. The van der Waals surface area contributed by atoms with Gasteiger partial charge in [0.05, 0.1) is 17.9 Å². The SMILES string of the molecule is CC(C)N(CC(=O)O)Cc1c(-c2ccc(Cl)cc2)nc2sccn12. The number of rotatable bonds is 6. The maximum Gasteiger partial charge on any atom is 0.317 e. The lowest BCUT2D eigenvalue weighted by atomic mass is 10.1. The van der Waals surface area contributed by atoms with Crippen LogP contribution in [0.2, 0.25) is 5.02 Å². The molecule has 3 rings (SSSR count). The fourth-order valence-electron chi connectivity index (χ4n) is 2.61. The van der Waals surface area contributed by atoms with Crippen molar-refractivity contribution >= 4 is 33.9 Å². The van der Waals surface area contributed by atoms with Gasteiger partial charge in [0.2, 0.25) is 0 Å². The maximum absolute atomic E-state index is 11.2. The maximum atomic E-state index is 11.2. The molecule has 0 bridgehead atoms. The Morgan fingerprint density at radius 2 is 2.08 bits per heavy atom. The highest BCUT2D eigenvalue weighted by Crippen LogP contribution is 2.29. The summed E-state index contributed by atoms with van der Waals surface area (Å²) in [6.07, 6.45) is 1.97. The number of nitrogens with zero attached hydrogens (tertiary/aromatic N) is 3. The van der Waals surface area contributed by atoms with E-state index in [1.165, 1.54) is 0 Å².